The number of nitrogens with zero attached hydrogens (tertiary/aromatic N) is 1. The van der Waals surface area contributed by atoms with Crippen molar-refractivity contribution in [3.8, 4) is 0 Å². The molecule has 2 N–H and O–H groups in total. The Bertz CT molecular complexity index is 266. The first-order chi connectivity index (χ1) is 7.72. The smallest absolute Gasteiger partial charge is 0.236 e. The lowest BCUT2D eigenvalue weighted by Crippen LogP contribution is -2.39. The molecule has 2 fully saturated rings. The molecule has 1 saturated heterocycles. The Balaban J connectivity index is 2.10. The van der Waals surface area contributed by atoms with Crippen LogP contribution in [0, 0.1) is 11.3 Å². The maximum absolute atomic E-state index is 11.7. The zero-order valence-electron chi connectivity index (χ0n) is 10.1. The van der Waals surface area contributed by atoms with E-state index >= 15 is 0 Å². The summed E-state index contributed by atoms with van der Waals surface area (Å²) in [5, 5.41) is 0. The molecule has 1 aliphatic heterocycles. The van der Waals surface area contributed by atoms with E-state index in [1.165, 1.54) is 25.7 Å². The molecule has 16 heavy (non-hydrogen) atoms. The van der Waals surface area contributed by atoms with Gasteiger partial charge in [0.15, 0.2) is 0 Å². The second-order valence-corrected chi connectivity index (χ2v) is 5.22. The van der Waals surface area contributed by atoms with Gasteiger partial charge in [0.2, 0.25) is 5.91 Å². The number of hydrogen-bond donors (Lipinski definition) is 1. The standard InChI is InChI=1S/C12H22N2O2/c1-16-9-12-5-3-2-4-10(12)7-14(8-12)11(15)6-13/h10H,2-9,13H2,1H3/t10-,12+/m0/s1. The number of rotatable bonds is 3. The number of hydrogen-bond acceptors (Lipinski definition) is 3. The molecule has 0 unspecified atom stereocenters. The van der Waals surface area contributed by atoms with E-state index in [2.05, 4.69) is 0 Å². The second kappa shape index (κ2) is 4.72. The van der Waals surface area contributed by atoms with Gasteiger partial charge in [-0.3, -0.25) is 4.79 Å². The highest BCUT2D eigenvalue weighted by molar-refractivity contribution is 5.78. The average molecular weight is 226 g/mol. The van der Waals surface area contributed by atoms with Crippen molar-refractivity contribution >= 4 is 5.91 Å². The minimum atomic E-state index is 0.0879. The largest absolute Gasteiger partial charge is 0.384 e. The van der Waals surface area contributed by atoms with Crippen molar-refractivity contribution < 1.29 is 9.53 Å². The topological polar surface area (TPSA) is 55.6 Å². The lowest BCUT2D eigenvalue weighted by Gasteiger charge is -2.37. The summed E-state index contributed by atoms with van der Waals surface area (Å²) in [6.07, 6.45) is 4.99. The Hall–Kier alpha value is -0.610. The summed E-state index contributed by atoms with van der Waals surface area (Å²) < 4.78 is 5.38. The molecule has 4 nitrogen and oxygen atoms in total. The van der Waals surface area contributed by atoms with Crippen LogP contribution < -0.4 is 5.73 Å². The van der Waals surface area contributed by atoms with Crippen LogP contribution in [0.2, 0.25) is 0 Å². The highest BCUT2D eigenvalue weighted by Crippen LogP contribution is 2.46. The van der Waals surface area contributed by atoms with Gasteiger partial charge in [0, 0.05) is 25.6 Å². The highest BCUT2D eigenvalue weighted by Gasteiger charge is 2.48. The maximum atomic E-state index is 11.7. The zero-order chi connectivity index (χ0) is 11.6. The van der Waals surface area contributed by atoms with Crippen LogP contribution in [-0.2, 0) is 9.53 Å². The van der Waals surface area contributed by atoms with Gasteiger partial charge < -0.3 is 15.4 Å². The predicted octanol–water partition coefficient (Wildman–Crippen LogP) is 0.610. The van der Waals surface area contributed by atoms with E-state index in [-0.39, 0.29) is 17.9 Å². The number of likely N-dealkylation sites (tertiary alicyclic amines) is 1. The first-order valence-corrected chi connectivity index (χ1v) is 6.18. The molecule has 0 bridgehead atoms. The molecule has 0 aromatic heterocycles. The molecule has 2 aliphatic rings. The average Bonchev–Trinajstić information content (AvgIpc) is 2.67. The fourth-order valence-electron chi connectivity index (χ4n) is 3.42. The lowest BCUT2D eigenvalue weighted by atomic mass is 9.69. The van der Waals surface area contributed by atoms with Crippen molar-refractivity contribution in [3.05, 3.63) is 0 Å². The normalized spacial score (nSPS) is 33.9. The minimum Gasteiger partial charge on any atom is -0.384 e. The third-order valence-electron chi connectivity index (χ3n) is 4.25. The number of nitrogens with two attached hydrogens (primary N) is 1. The van der Waals surface area contributed by atoms with E-state index in [0.29, 0.717) is 5.92 Å². The summed E-state index contributed by atoms with van der Waals surface area (Å²) in [4.78, 5) is 13.6. The van der Waals surface area contributed by atoms with Gasteiger partial charge in [-0.15, -0.1) is 0 Å². The molecule has 0 aromatic rings. The van der Waals surface area contributed by atoms with Gasteiger partial charge in [-0.2, -0.15) is 0 Å². The molecule has 2 atom stereocenters. The molecular weight excluding hydrogens is 204 g/mol. The molecule has 1 heterocycles. The number of ether oxygens (including phenoxy) is 1. The summed E-state index contributed by atoms with van der Waals surface area (Å²) in [6, 6.07) is 0. The molecule has 92 valence electrons. The molecular formula is C12H22N2O2. The third kappa shape index (κ3) is 1.96. The molecule has 1 aliphatic carbocycles. The Morgan fingerprint density at radius 2 is 2.38 bits per heavy atom. The van der Waals surface area contributed by atoms with Gasteiger partial charge in [-0.05, 0) is 18.8 Å². The Labute approximate surface area is 97.1 Å². The van der Waals surface area contributed by atoms with Crippen molar-refractivity contribution in [1.29, 1.82) is 0 Å². The van der Waals surface area contributed by atoms with E-state index < -0.39 is 0 Å². The number of amides is 1. The fourth-order valence-corrected chi connectivity index (χ4v) is 3.42. The first kappa shape index (κ1) is 11.9. The first-order valence-electron chi connectivity index (χ1n) is 6.18. The number of methoxy groups -OCH3 is 1. The summed E-state index contributed by atoms with van der Waals surface area (Å²) in [6.45, 7) is 2.66. The van der Waals surface area contributed by atoms with Crippen LogP contribution in [0.4, 0.5) is 0 Å². The van der Waals surface area contributed by atoms with Gasteiger partial charge in [0.25, 0.3) is 0 Å². The molecule has 0 spiro atoms. The van der Waals surface area contributed by atoms with Crippen LogP contribution in [-0.4, -0.2) is 44.2 Å². The van der Waals surface area contributed by atoms with Crippen molar-refractivity contribution in [2.45, 2.75) is 25.7 Å². The van der Waals surface area contributed by atoms with Gasteiger partial charge in [0.05, 0.1) is 13.2 Å². The third-order valence-corrected chi connectivity index (χ3v) is 4.25. The summed E-state index contributed by atoms with van der Waals surface area (Å²) in [5.74, 6) is 0.710. The van der Waals surface area contributed by atoms with E-state index in [9.17, 15) is 4.79 Å². The molecule has 1 saturated carbocycles. The molecule has 2 rings (SSSR count). The van der Waals surface area contributed by atoms with E-state index in [0.717, 1.165) is 19.7 Å². The van der Waals surface area contributed by atoms with Crippen molar-refractivity contribution in [1.82, 2.24) is 4.90 Å². The SMILES string of the molecule is COC[C@]12CCCC[C@H]1CN(C(=O)CN)C2. The van der Waals surface area contributed by atoms with Gasteiger partial charge in [-0.1, -0.05) is 12.8 Å². The summed E-state index contributed by atoms with van der Waals surface area (Å²) in [5.41, 5.74) is 5.66. The minimum absolute atomic E-state index is 0.0879. The summed E-state index contributed by atoms with van der Waals surface area (Å²) in [7, 11) is 1.76. The quantitative estimate of drug-likeness (QED) is 0.767. The molecule has 4 heteroatoms. The maximum Gasteiger partial charge on any atom is 0.236 e. The number of carbonyl (C=O) groups excluding carboxylic acids is 1. The lowest BCUT2D eigenvalue weighted by molar-refractivity contribution is -0.129. The Morgan fingerprint density at radius 3 is 3.06 bits per heavy atom. The van der Waals surface area contributed by atoms with Crippen LogP contribution in [0.5, 0.6) is 0 Å². The van der Waals surface area contributed by atoms with Crippen LogP contribution >= 0.6 is 0 Å². The van der Waals surface area contributed by atoms with E-state index in [1.54, 1.807) is 7.11 Å². The summed E-state index contributed by atoms with van der Waals surface area (Å²) >= 11 is 0. The second-order valence-electron chi connectivity index (χ2n) is 5.22. The van der Waals surface area contributed by atoms with Gasteiger partial charge >= 0.3 is 0 Å². The zero-order valence-corrected chi connectivity index (χ0v) is 10.1. The van der Waals surface area contributed by atoms with E-state index in [4.69, 9.17) is 10.5 Å². The van der Waals surface area contributed by atoms with Gasteiger partial charge in [0.1, 0.15) is 0 Å². The van der Waals surface area contributed by atoms with Crippen LogP contribution in [0.25, 0.3) is 0 Å². The highest BCUT2D eigenvalue weighted by atomic mass is 16.5. The predicted molar refractivity (Wildman–Crippen MR) is 61.9 cm³/mol. The Kier molecular flexibility index (Phi) is 3.50. The fraction of sp³-hybridized carbons (Fsp3) is 0.917. The van der Waals surface area contributed by atoms with Gasteiger partial charge in [-0.25, -0.2) is 0 Å². The monoisotopic (exact) mass is 226 g/mol. The van der Waals surface area contributed by atoms with Crippen molar-refractivity contribution in [2.75, 3.05) is 33.4 Å². The number of carbonyl (C=O) groups is 1. The van der Waals surface area contributed by atoms with Crippen molar-refractivity contribution in [3.63, 3.8) is 0 Å². The molecule has 0 aromatic carbocycles. The molecule has 1 amide bonds. The van der Waals surface area contributed by atoms with Crippen LogP contribution in [0.1, 0.15) is 25.7 Å². The number of fused-ring (bicyclic) bond motifs is 1. The van der Waals surface area contributed by atoms with E-state index in [1.807, 2.05) is 4.90 Å². The Morgan fingerprint density at radius 1 is 1.56 bits per heavy atom. The van der Waals surface area contributed by atoms with Crippen LogP contribution in [0.15, 0.2) is 0 Å². The molecule has 0 radical (unpaired) electrons. The van der Waals surface area contributed by atoms with Crippen molar-refractivity contribution in [2.24, 2.45) is 17.1 Å². The van der Waals surface area contributed by atoms with Crippen LogP contribution in [0.3, 0.4) is 0 Å².